The van der Waals surface area contributed by atoms with E-state index in [1.165, 1.54) is 99.6 Å². The molecule has 0 bridgehead atoms. The molecule has 0 N–H and O–H groups in total. The molecule has 0 spiro atoms. The molecule has 0 unspecified atom stereocenters. The van der Waals surface area contributed by atoms with Crippen LogP contribution in [0.1, 0.15) is 16.7 Å². The lowest BCUT2D eigenvalue weighted by atomic mass is 9.93. The van der Waals surface area contributed by atoms with Gasteiger partial charge >= 0.3 is 0 Å². The average molecular weight is 644 g/mol. The predicted molar refractivity (Wildman–Crippen MR) is 212 cm³/mol. The molecule has 1 aliphatic heterocycles. The molecule has 3 heteroatoms. The predicted octanol–water partition coefficient (Wildman–Crippen LogP) is 12.0. The number of fused-ring (bicyclic) bond motifs is 6. The summed E-state index contributed by atoms with van der Waals surface area (Å²) in [5.41, 5.74) is 17.6. The molecule has 7 aromatic carbocycles. The largest absolute Gasteiger partial charge is 0.368 e. The second-order valence-electron chi connectivity index (χ2n) is 13.9. The molecule has 240 valence electrons. The third-order valence-electron chi connectivity index (χ3n) is 10.8. The molecule has 0 radical (unpaired) electrons. The van der Waals surface area contributed by atoms with Gasteiger partial charge < -0.3 is 14.0 Å². The van der Waals surface area contributed by atoms with Gasteiger partial charge in [-0.3, -0.25) is 0 Å². The van der Waals surface area contributed by atoms with Crippen LogP contribution in [-0.2, 0) is 0 Å². The Morgan fingerprint density at radius 1 is 0.440 bits per heavy atom. The highest BCUT2D eigenvalue weighted by atomic mass is 15.3. The van der Waals surface area contributed by atoms with Crippen LogP contribution in [-0.4, -0.2) is 22.2 Å². The first-order valence-electron chi connectivity index (χ1n) is 17.6. The summed E-state index contributed by atoms with van der Waals surface area (Å²) in [7, 11) is 0. The number of hydrogen-bond donors (Lipinski definition) is 0. The van der Waals surface area contributed by atoms with Crippen molar-refractivity contribution >= 4 is 49.3 Å². The molecular weight excluding hydrogens is 607 g/mol. The monoisotopic (exact) mass is 643 g/mol. The van der Waals surface area contributed by atoms with E-state index in [-0.39, 0.29) is 0 Å². The Labute approximate surface area is 292 Å². The number of anilines is 1. The Bertz CT molecular complexity index is 2770. The highest BCUT2D eigenvalue weighted by Gasteiger charge is 2.24. The number of benzene rings is 7. The number of nitrogens with zero attached hydrogens (tertiary/aromatic N) is 3. The molecule has 0 saturated carbocycles. The Kier molecular flexibility index (Phi) is 6.35. The van der Waals surface area contributed by atoms with Gasteiger partial charge in [0.25, 0.3) is 0 Å². The summed E-state index contributed by atoms with van der Waals surface area (Å²) >= 11 is 0. The quantitative estimate of drug-likeness (QED) is 0.170. The summed E-state index contributed by atoms with van der Waals surface area (Å²) in [6.45, 7) is 8.98. The van der Waals surface area contributed by atoms with Gasteiger partial charge in [0.05, 0.1) is 27.8 Å². The van der Waals surface area contributed by atoms with E-state index < -0.39 is 0 Å². The number of hydrogen-bond acceptors (Lipinski definition) is 1. The Morgan fingerprint density at radius 2 is 1.06 bits per heavy atom. The van der Waals surface area contributed by atoms with Crippen LogP contribution in [0.5, 0.6) is 0 Å². The molecule has 1 saturated heterocycles. The maximum atomic E-state index is 2.55. The van der Waals surface area contributed by atoms with Gasteiger partial charge in [-0.2, -0.15) is 0 Å². The summed E-state index contributed by atoms with van der Waals surface area (Å²) < 4.78 is 4.94. The fourth-order valence-corrected chi connectivity index (χ4v) is 8.36. The van der Waals surface area contributed by atoms with Gasteiger partial charge in [0.1, 0.15) is 0 Å². The van der Waals surface area contributed by atoms with E-state index in [1.807, 2.05) is 0 Å². The lowest BCUT2D eigenvalue weighted by Crippen LogP contribution is -2.01. The van der Waals surface area contributed by atoms with Crippen LogP contribution < -0.4 is 4.90 Å². The number of rotatable bonds is 5. The van der Waals surface area contributed by atoms with Gasteiger partial charge in [-0.1, -0.05) is 103 Å². The normalized spacial score (nSPS) is 12.9. The van der Waals surface area contributed by atoms with Gasteiger partial charge in [0, 0.05) is 51.6 Å². The summed E-state index contributed by atoms with van der Waals surface area (Å²) in [4.78, 5) is 2.46. The van der Waals surface area contributed by atoms with Gasteiger partial charge in [-0.15, -0.1) is 0 Å². The van der Waals surface area contributed by atoms with Gasteiger partial charge in [-0.05, 0) is 96.6 Å². The van der Waals surface area contributed by atoms with Crippen molar-refractivity contribution in [3.8, 4) is 33.6 Å². The second-order valence-corrected chi connectivity index (χ2v) is 13.9. The minimum absolute atomic E-state index is 1.13. The molecule has 50 heavy (non-hydrogen) atoms. The van der Waals surface area contributed by atoms with Crippen molar-refractivity contribution in [1.29, 1.82) is 0 Å². The zero-order valence-corrected chi connectivity index (χ0v) is 28.6. The number of para-hydroxylation sites is 4. The van der Waals surface area contributed by atoms with E-state index in [0.29, 0.717) is 0 Å². The van der Waals surface area contributed by atoms with Crippen molar-refractivity contribution in [3.05, 3.63) is 162 Å². The van der Waals surface area contributed by atoms with Crippen LogP contribution in [0.3, 0.4) is 0 Å². The van der Waals surface area contributed by atoms with E-state index in [9.17, 15) is 0 Å². The van der Waals surface area contributed by atoms with Crippen LogP contribution >= 0.6 is 0 Å². The molecule has 3 nitrogen and oxygen atoms in total. The number of aromatic nitrogens is 2. The molecule has 2 aromatic heterocycles. The SMILES string of the molecule is Cc1ccc(-c2ccc(-c3ccc4c(c3)c3ccccc3n4-c3ccccc3)c3c4ccccc4n(-c4c(C)cccc4C)c23)cc1N1CC1. The van der Waals surface area contributed by atoms with Crippen molar-refractivity contribution in [2.75, 3.05) is 18.0 Å². The fourth-order valence-electron chi connectivity index (χ4n) is 8.36. The van der Waals surface area contributed by atoms with E-state index in [1.54, 1.807) is 0 Å². The molecule has 0 atom stereocenters. The van der Waals surface area contributed by atoms with Gasteiger partial charge in [0.2, 0.25) is 0 Å². The van der Waals surface area contributed by atoms with Crippen LogP contribution in [0.4, 0.5) is 5.69 Å². The maximum absolute atomic E-state index is 2.55. The molecule has 1 fully saturated rings. The molecular formula is C47H37N3. The minimum atomic E-state index is 1.13. The van der Waals surface area contributed by atoms with Crippen molar-refractivity contribution in [1.82, 2.24) is 9.13 Å². The van der Waals surface area contributed by atoms with Gasteiger partial charge in [-0.25, -0.2) is 0 Å². The topological polar surface area (TPSA) is 12.9 Å². The van der Waals surface area contributed by atoms with E-state index >= 15 is 0 Å². The number of aryl methyl sites for hydroxylation is 3. The minimum Gasteiger partial charge on any atom is -0.368 e. The first-order valence-corrected chi connectivity index (χ1v) is 17.6. The smallest absolute Gasteiger partial charge is 0.0625 e. The molecule has 3 heterocycles. The summed E-state index contributed by atoms with van der Waals surface area (Å²) in [6, 6.07) is 54.0. The standard InChI is InChI=1S/C47H37N3/c1-30-20-21-34(29-44(30)48-26-27-48)37-24-23-36(45-39-17-8-10-19-42(39)50(47(37)45)46-31(2)12-11-13-32(46)3)33-22-25-43-40(28-33)38-16-7-9-18-41(38)49(43)35-14-5-4-6-15-35/h4-25,28-29H,26-27H2,1-3H3. The lowest BCUT2D eigenvalue weighted by molar-refractivity contribution is 1.12. The fraction of sp³-hybridized carbons (Fsp3) is 0.106. The lowest BCUT2D eigenvalue weighted by Gasteiger charge is -2.18. The zero-order chi connectivity index (χ0) is 33.5. The zero-order valence-electron chi connectivity index (χ0n) is 28.6. The van der Waals surface area contributed by atoms with Crippen molar-refractivity contribution in [2.45, 2.75) is 20.8 Å². The van der Waals surface area contributed by atoms with E-state index in [2.05, 4.69) is 180 Å². The Morgan fingerprint density at radius 3 is 1.82 bits per heavy atom. The first kappa shape index (κ1) is 28.9. The third kappa shape index (κ3) is 4.29. The first-order chi connectivity index (χ1) is 24.6. The summed E-state index contributed by atoms with van der Waals surface area (Å²) in [5.74, 6) is 0. The van der Waals surface area contributed by atoms with Crippen LogP contribution in [0.2, 0.25) is 0 Å². The summed E-state index contributed by atoms with van der Waals surface area (Å²) in [6.07, 6.45) is 0. The average Bonchev–Trinajstić information content (AvgIpc) is 3.87. The molecule has 1 aliphatic rings. The third-order valence-corrected chi connectivity index (χ3v) is 10.8. The van der Waals surface area contributed by atoms with Gasteiger partial charge in [0.15, 0.2) is 0 Å². The van der Waals surface area contributed by atoms with Crippen molar-refractivity contribution in [2.24, 2.45) is 0 Å². The highest BCUT2D eigenvalue weighted by molar-refractivity contribution is 6.20. The van der Waals surface area contributed by atoms with Crippen molar-refractivity contribution < 1.29 is 0 Å². The van der Waals surface area contributed by atoms with Crippen LogP contribution in [0.25, 0.3) is 77.2 Å². The van der Waals surface area contributed by atoms with Crippen LogP contribution in [0, 0.1) is 20.8 Å². The molecule has 0 aliphatic carbocycles. The molecule has 9 aromatic rings. The van der Waals surface area contributed by atoms with Crippen LogP contribution in [0.15, 0.2) is 146 Å². The summed E-state index contributed by atoms with van der Waals surface area (Å²) in [5, 5.41) is 5.09. The Hall–Kier alpha value is -6.06. The van der Waals surface area contributed by atoms with E-state index in [0.717, 1.165) is 13.1 Å². The highest BCUT2D eigenvalue weighted by Crippen LogP contribution is 2.46. The van der Waals surface area contributed by atoms with E-state index in [4.69, 9.17) is 0 Å². The second kappa shape index (κ2) is 11.0. The molecule has 0 amide bonds. The van der Waals surface area contributed by atoms with Crippen molar-refractivity contribution in [3.63, 3.8) is 0 Å². The molecule has 10 rings (SSSR count). The Balaban J connectivity index is 1.31. The maximum Gasteiger partial charge on any atom is 0.0625 e.